The predicted molar refractivity (Wildman–Crippen MR) is 158 cm³/mol. The van der Waals surface area contributed by atoms with Gasteiger partial charge in [0, 0.05) is 38.8 Å². The average Bonchev–Trinajstić information content (AvgIpc) is 3.25. The van der Waals surface area contributed by atoms with Gasteiger partial charge in [-0.1, -0.05) is 46.0 Å². The van der Waals surface area contributed by atoms with Crippen LogP contribution < -0.4 is 5.32 Å². The Kier molecular flexibility index (Phi) is 11.8. The molecule has 0 heterocycles. The molecule has 0 aromatic heterocycles. The summed E-state index contributed by atoms with van der Waals surface area (Å²) in [5.41, 5.74) is 0.0489. The van der Waals surface area contributed by atoms with Gasteiger partial charge in [-0.05, 0) is 92.3 Å². The van der Waals surface area contributed by atoms with Gasteiger partial charge in [0.1, 0.15) is 5.78 Å². The summed E-state index contributed by atoms with van der Waals surface area (Å²) >= 11 is 0. The number of ether oxygens (including phenoxy) is 1. The molecule has 0 saturated heterocycles. The average molecular weight is 636 g/mol. The molecule has 0 bridgehead atoms. The number of amides is 1. The molecular formula is C34H54F5NO4. The van der Waals surface area contributed by atoms with Gasteiger partial charge in [-0.3, -0.25) is 9.59 Å². The highest BCUT2D eigenvalue weighted by Gasteiger charge is 2.63. The molecule has 4 aliphatic carbocycles. The fourth-order valence-electron chi connectivity index (χ4n) is 9.54. The van der Waals surface area contributed by atoms with Crippen molar-refractivity contribution in [1.82, 2.24) is 5.32 Å². The number of aliphatic hydroxyl groups excluding tert-OH is 1. The van der Waals surface area contributed by atoms with Crippen molar-refractivity contribution in [2.45, 2.75) is 154 Å². The quantitative estimate of drug-likeness (QED) is 0.141. The SMILES string of the molecule is C[C@]12CCC(=O)CC1CC[C@@H]1[C@H]2C(OCCCCCCCCCC(=O)NCCCC(F)(F)C(F)(F)F)C[C@]2(C)C(O)CC[C@@H]12. The first-order valence-electron chi connectivity index (χ1n) is 17.2. The maximum Gasteiger partial charge on any atom is 0.453 e. The molecular weight excluding hydrogens is 581 g/mol. The number of aliphatic hydroxyl groups is 1. The van der Waals surface area contributed by atoms with E-state index in [0.717, 1.165) is 77.0 Å². The number of rotatable bonds is 15. The first-order valence-corrected chi connectivity index (χ1v) is 17.2. The lowest BCUT2D eigenvalue weighted by atomic mass is 9.44. The third-order valence-electron chi connectivity index (χ3n) is 12.1. The van der Waals surface area contributed by atoms with Crippen molar-refractivity contribution in [2.24, 2.45) is 34.5 Å². The third kappa shape index (κ3) is 7.98. The van der Waals surface area contributed by atoms with Gasteiger partial charge in [-0.25, -0.2) is 0 Å². The molecule has 5 nitrogen and oxygen atoms in total. The van der Waals surface area contributed by atoms with Crippen LogP contribution in [-0.2, 0) is 14.3 Å². The van der Waals surface area contributed by atoms with E-state index in [1.165, 1.54) is 0 Å². The zero-order valence-electron chi connectivity index (χ0n) is 26.7. The Bertz CT molecular complexity index is 976. The molecule has 254 valence electrons. The Morgan fingerprint density at radius 2 is 1.61 bits per heavy atom. The van der Waals surface area contributed by atoms with Crippen molar-refractivity contribution in [2.75, 3.05) is 13.2 Å². The lowest BCUT2D eigenvalue weighted by Crippen LogP contribution is -2.60. The van der Waals surface area contributed by atoms with Crippen LogP contribution in [0.4, 0.5) is 22.0 Å². The molecule has 3 unspecified atom stereocenters. The van der Waals surface area contributed by atoms with Gasteiger partial charge in [-0.2, -0.15) is 22.0 Å². The van der Waals surface area contributed by atoms with Gasteiger partial charge < -0.3 is 15.2 Å². The molecule has 44 heavy (non-hydrogen) atoms. The Labute approximate surface area is 259 Å². The van der Waals surface area contributed by atoms with Gasteiger partial charge in [0.15, 0.2) is 0 Å². The van der Waals surface area contributed by atoms with Crippen molar-refractivity contribution in [3.8, 4) is 0 Å². The zero-order valence-corrected chi connectivity index (χ0v) is 26.7. The van der Waals surface area contributed by atoms with Gasteiger partial charge in [0.2, 0.25) is 5.91 Å². The molecule has 1 amide bonds. The molecule has 4 fully saturated rings. The highest BCUT2D eigenvalue weighted by Crippen LogP contribution is 2.66. The number of ketones is 1. The first-order chi connectivity index (χ1) is 20.7. The van der Waals surface area contributed by atoms with Crippen LogP contribution in [0, 0.1) is 34.5 Å². The van der Waals surface area contributed by atoms with E-state index in [1.54, 1.807) is 0 Å². The minimum Gasteiger partial charge on any atom is -0.393 e. The van der Waals surface area contributed by atoms with E-state index in [9.17, 15) is 36.6 Å². The summed E-state index contributed by atoms with van der Waals surface area (Å²) in [4.78, 5) is 24.2. The summed E-state index contributed by atoms with van der Waals surface area (Å²) in [5.74, 6) is -2.61. The number of nitrogens with one attached hydrogen (secondary N) is 1. The Balaban J connectivity index is 1.11. The maximum atomic E-state index is 12.9. The molecule has 10 heteroatoms. The monoisotopic (exact) mass is 635 g/mol. The van der Waals surface area contributed by atoms with Crippen LogP contribution in [-0.4, -0.2) is 54.3 Å². The van der Waals surface area contributed by atoms with E-state index in [4.69, 9.17) is 4.74 Å². The molecule has 0 radical (unpaired) electrons. The molecule has 0 aliphatic heterocycles. The Hall–Kier alpha value is -1.29. The number of halogens is 5. The molecule has 0 aromatic carbocycles. The smallest absolute Gasteiger partial charge is 0.393 e. The van der Waals surface area contributed by atoms with Gasteiger partial charge >= 0.3 is 12.1 Å². The van der Waals surface area contributed by atoms with Crippen LogP contribution in [0.25, 0.3) is 0 Å². The lowest BCUT2D eigenvalue weighted by Gasteiger charge is -2.62. The minimum atomic E-state index is -5.55. The van der Waals surface area contributed by atoms with Crippen LogP contribution in [0.15, 0.2) is 0 Å². The summed E-state index contributed by atoms with van der Waals surface area (Å²) in [6, 6.07) is 0. The van der Waals surface area contributed by atoms with E-state index < -0.39 is 24.9 Å². The number of hydrogen-bond acceptors (Lipinski definition) is 4. The van der Waals surface area contributed by atoms with Crippen molar-refractivity contribution >= 4 is 11.7 Å². The summed E-state index contributed by atoms with van der Waals surface area (Å²) in [7, 11) is 0. The van der Waals surface area contributed by atoms with Crippen LogP contribution in [0.5, 0.6) is 0 Å². The Morgan fingerprint density at radius 1 is 0.932 bits per heavy atom. The van der Waals surface area contributed by atoms with E-state index in [0.29, 0.717) is 55.3 Å². The highest BCUT2D eigenvalue weighted by atomic mass is 19.4. The van der Waals surface area contributed by atoms with Crippen LogP contribution in [0.3, 0.4) is 0 Å². The standard InChI is InChI=1S/C34H54F5NO4/c1-31-18-16-24(41)21-23(31)12-13-25-26-14-15-28(42)32(26,2)22-27(30(25)31)44-20-9-7-5-3-4-6-8-11-29(43)40-19-10-17-33(35,36)34(37,38)39/h23,25-28,30,42H,3-22H2,1-2H3,(H,40,43)/t23?,25-,26-,27?,28?,30-,31-,32-/m0/s1. The summed E-state index contributed by atoms with van der Waals surface area (Å²) in [6.45, 7) is 5.23. The van der Waals surface area contributed by atoms with Crippen molar-refractivity contribution < 1.29 is 41.4 Å². The van der Waals surface area contributed by atoms with Crippen LogP contribution in [0.1, 0.15) is 129 Å². The number of alkyl halides is 5. The molecule has 4 saturated carbocycles. The topological polar surface area (TPSA) is 75.6 Å². The van der Waals surface area contributed by atoms with E-state index in [-0.39, 0.29) is 41.9 Å². The normalized spacial score (nSPS) is 35.6. The summed E-state index contributed by atoms with van der Waals surface area (Å²) in [6.07, 6.45) is 6.98. The molecule has 8 atom stereocenters. The second-order valence-corrected chi connectivity index (χ2v) is 14.9. The van der Waals surface area contributed by atoms with Gasteiger partial charge in [0.05, 0.1) is 12.2 Å². The Morgan fingerprint density at radius 3 is 2.32 bits per heavy atom. The van der Waals surface area contributed by atoms with Crippen molar-refractivity contribution in [3.63, 3.8) is 0 Å². The molecule has 4 aliphatic rings. The maximum absolute atomic E-state index is 12.9. The van der Waals surface area contributed by atoms with E-state index in [1.807, 2.05) is 0 Å². The number of carbonyl (C=O) groups excluding carboxylic acids is 2. The third-order valence-corrected chi connectivity index (χ3v) is 12.1. The van der Waals surface area contributed by atoms with Crippen LogP contribution in [0.2, 0.25) is 0 Å². The second kappa shape index (κ2) is 14.6. The summed E-state index contributed by atoms with van der Waals surface area (Å²) < 4.78 is 69.1. The molecule has 4 rings (SSSR count). The van der Waals surface area contributed by atoms with E-state index in [2.05, 4.69) is 19.2 Å². The number of Topliss-reactive ketones (excluding diaryl/α,β-unsaturated/α-hetero) is 1. The minimum absolute atomic E-state index is 0.0851. The van der Waals surface area contributed by atoms with Gasteiger partial charge in [0.25, 0.3) is 0 Å². The number of unbranched alkanes of at least 4 members (excludes halogenated alkanes) is 6. The highest BCUT2D eigenvalue weighted by molar-refractivity contribution is 5.79. The number of fused-ring (bicyclic) bond motifs is 5. The summed E-state index contributed by atoms with van der Waals surface area (Å²) in [5, 5.41) is 13.4. The molecule has 0 aromatic rings. The van der Waals surface area contributed by atoms with Crippen molar-refractivity contribution in [1.29, 1.82) is 0 Å². The fourth-order valence-corrected chi connectivity index (χ4v) is 9.54. The molecule has 0 spiro atoms. The van der Waals surface area contributed by atoms with Crippen LogP contribution >= 0.6 is 0 Å². The number of carbonyl (C=O) groups is 2. The number of hydrogen-bond donors (Lipinski definition) is 2. The predicted octanol–water partition coefficient (Wildman–Crippen LogP) is 8.17. The first kappa shape index (κ1) is 35.6. The lowest BCUT2D eigenvalue weighted by molar-refractivity contribution is -0.284. The van der Waals surface area contributed by atoms with Gasteiger partial charge in [-0.15, -0.1) is 0 Å². The second-order valence-electron chi connectivity index (χ2n) is 14.9. The zero-order chi connectivity index (χ0) is 32.2. The van der Waals surface area contributed by atoms with E-state index >= 15 is 0 Å². The fraction of sp³-hybridized carbons (Fsp3) is 0.941. The van der Waals surface area contributed by atoms with Crippen molar-refractivity contribution in [3.05, 3.63) is 0 Å². The largest absolute Gasteiger partial charge is 0.453 e. The molecule has 2 N–H and O–H groups in total.